The van der Waals surface area contributed by atoms with Gasteiger partial charge in [0.05, 0.1) is 0 Å². The largest absolute Gasteiger partial charge is 0.326 e. The average Bonchev–Trinajstić information content (AvgIpc) is 2.47. The highest BCUT2D eigenvalue weighted by Crippen LogP contribution is 2.43. The first-order valence-electron chi connectivity index (χ1n) is 7.74. The Morgan fingerprint density at radius 2 is 1.73 bits per heavy atom. The van der Waals surface area contributed by atoms with Crippen molar-refractivity contribution in [3.05, 3.63) is 60.2 Å². The minimum Gasteiger partial charge on any atom is -0.308 e. The number of hydrogen-bond acceptors (Lipinski definition) is 1. The Morgan fingerprint density at radius 3 is 2.45 bits per heavy atom. The molecule has 1 aliphatic heterocycles. The predicted octanol–water partition coefficient (Wildman–Crippen LogP) is 5.01. The number of anilines is 2. The molecule has 0 radical (unpaired) electrons. The van der Waals surface area contributed by atoms with Crippen LogP contribution in [0.1, 0.15) is 38.7 Å². The second kappa shape index (κ2) is 5.48. The summed E-state index contributed by atoms with van der Waals surface area (Å²) in [5, 5.41) is 3.01. The van der Waals surface area contributed by atoms with Gasteiger partial charge in [0.2, 0.25) is 0 Å². The van der Waals surface area contributed by atoms with Gasteiger partial charge in [-0.15, -0.1) is 0 Å². The topological polar surface area (TPSA) is 32.3 Å². The van der Waals surface area contributed by atoms with Crippen LogP contribution in [-0.2, 0) is 0 Å². The maximum absolute atomic E-state index is 12.9. The van der Waals surface area contributed by atoms with Crippen molar-refractivity contribution < 1.29 is 4.79 Å². The summed E-state index contributed by atoms with van der Waals surface area (Å²) in [4.78, 5) is 14.8. The number of hydrogen-bond donors (Lipinski definition) is 1. The van der Waals surface area contributed by atoms with E-state index < -0.39 is 0 Å². The smallest absolute Gasteiger partial charge is 0.308 e. The third kappa shape index (κ3) is 2.59. The molecule has 0 aliphatic carbocycles. The van der Waals surface area contributed by atoms with Gasteiger partial charge < -0.3 is 5.32 Å². The highest BCUT2D eigenvalue weighted by Gasteiger charge is 2.39. The molecule has 3 heteroatoms. The molecule has 1 aliphatic rings. The van der Waals surface area contributed by atoms with Crippen LogP contribution in [0.15, 0.2) is 54.6 Å². The molecule has 0 fully saturated rings. The molecule has 3 nitrogen and oxygen atoms in total. The second-order valence-corrected chi connectivity index (χ2v) is 6.61. The Labute approximate surface area is 132 Å². The highest BCUT2D eigenvalue weighted by atomic mass is 16.2. The average molecular weight is 294 g/mol. The van der Waals surface area contributed by atoms with E-state index in [1.807, 2.05) is 53.4 Å². The van der Waals surface area contributed by atoms with Crippen LogP contribution in [0.4, 0.5) is 16.2 Å². The quantitative estimate of drug-likeness (QED) is 0.787. The van der Waals surface area contributed by atoms with Gasteiger partial charge in [0.1, 0.15) is 0 Å². The lowest BCUT2D eigenvalue weighted by Gasteiger charge is -2.45. The number of para-hydroxylation sites is 2. The normalized spacial score (nSPS) is 19.4. The first kappa shape index (κ1) is 14.6. The van der Waals surface area contributed by atoms with E-state index in [1.165, 1.54) is 5.56 Å². The van der Waals surface area contributed by atoms with E-state index in [4.69, 9.17) is 0 Å². The van der Waals surface area contributed by atoms with Gasteiger partial charge in [-0.3, -0.25) is 4.90 Å². The number of amides is 2. The second-order valence-electron chi connectivity index (χ2n) is 6.61. The van der Waals surface area contributed by atoms with Crippen molar-refractivity contribution in [1.82, 2.24) is 0 Å². The number of rotatable bonds is 1. The summed E-state index contributed by atoms with van der Waals surface area (Å²) >= 11 is 0. The Morgan fingerprint density at radius 1 is 1.09 bits per heavy atom. The number of carbonyl (C=O) groups excluding carboxylic acids is 1. The van der Waals surface area contributed by atoms with Crippen LogP contribution < -0.4 is 10.2 Å². The number of carbonyl (C=O) groups is 1. The van der Waals surface area contributed by atoms with Gasteiger partial charge in [-0.05, 0) is 49.9 Å². The third-order valence-corrected chi connectivity index (χ3v) is 4.35. The predicted molar refractivity (Wildman–Crippen MR) is 91.5 cm³/mol. The summed E-state index contributed by atoms with van der Waals surface area (Å²) in [6.45, 7) is 6.49. The Hall–Kier alpha value is -2.29. The molecule has 114 valence electrons. The molecule has 0 spiro atoms. The fourth-order valence-electron chi connectivity index (χ4n) is 3.47. The van der Waals surface area contributed by atoms with Crippen LogP contribution in [0.3, 0.4) is 0 Å². The minimum atomic E-state index is -0.216. The number of nitrogens with zero attached hydrogens (tertiary/aromatic N) is 1. The molecule has 1 N–H and O–H groups in total. The van der Waals surface area contributed by atoms with E-state index in [0.29, 0.717) is 5.92 Å². The number of urea groups is 1. The van der Waals surface area contributed by atoms with Crippen LogP contribution in [0.25, 0.3) is 0 Å². The van der Waals surface area contributed by atoms with Crippen LogP contribution >= 0.6 is 0 Å². The van der Waals surface area contributed by atoms with Crippen LogP contribution in [0.5, 0.6) is 0 Å². The minimum absolute atomic E-state index is 0.0736. The number of benzene rings is 2. The van der Waals surface area contributed by atoms with Crippen molar-refractivity contribution in [1.29, 1.82) is 0 Å². The van der Waals surface area contributed by atoms with Crippen LogP contribution in [-0.4, -0.2) is 11.6 Å². The zero-order valence-electron chi connectivity index (χ0n) is 13.3. The summed E-state index contributed by atoms with van der Waals surface area (Å²) in [7, 11) is 0. The molecule has 1 atom stereocenters. The van der Waals surface area contributed by atoms with Gasteiger partial charge in [-0.2, -0.15) is 0 Å². The Balaban J connectivity index is 1.97. The molecule has 3 rings (SSSR count). The summed E-state index contributed by atoms with van der Waals surface area (Å²) in [5.74, 6) is 0.451. The standard InChI is InChI=1S/C19H22N2O/c1-14-13-19(2,3)21(17-12-8-7-11-16(14)17)18(22)20-15-9-5-4-6-10-15/h4-12,14H,13H2,1-3H3,(H,20,22)/t14-/m1/s1. The Kier molecular flexibility index (Phi) is 3.65. The highest BCUT2D eigenvalue weighted by molar-refractivity contribution is 6.03. The van der Waals surface area contributed by atoms with E-state index in [-0.39, 0.29) is 11.6 Å². The van der Waals surface area contributed by atoms with Crippen molar-refractivity contribution >= 4 is 17.4 Å². The fourth-order valence-corrected chi connectivity index (χ4v) is 3.47. The molecule has 1 heterocycles. The summed E-state index contributed by atoms with van der Waals surface area (Å²) in [6, 6.07) is 17.7. The zero-order chi connectivity index (χ0) is 15.7. The fraction of sp³-hybridized carbons (Fsp3) is 0.316. The number of nitrogens with one attached hydrogen (secondary N) is 1. The van der Waals surface area contributed by atoms with E-state index in [9.17, 15) is 4.79 Å². The molecule has 2 aromatic carbocycles. The van der Waals surface area contributed by atoms with Gasteiger partial charge >= 0.3 is 6.03 Å². The summed E-state index contributed by atoms with van der Waals surface area (Å²) in [6.07, 6.45) is 0.951. The van der Waals surface area contributed by atoms with Gasteiger partial charge in [0.25, 0.3) is 0 Å². The van der Waals surface area contributed by atoms with Gasteiger partial charge in [0, 0.05) is 16.9 Å². The molecule has 2 amide bonds. The molecule has 22 heavy (non-hydrogen) atoms. The lowest BCUT2D eigenvalue weighted by Crippen LogP contribution is -2.53. The molecular formula is C19H22N2O. The van der Waals surface area contributed by atoms with Crippen LogP contribution in [0.2, 0.25) is 0 Å². The molecule has 0 aromatic heterocycles. The van der Waals surface area contributed by atoms with Crippen molar-refractivity contribution in [2.75, 3.05) is 10.2 Å². The number of fused-ring (bicyclic) bond motifs is 1. The van der Waals surface area contributed by atoms with E-state index in [0.717, 1.165) is 17.8 Å². The summed E-state index contributed by atoms with van der Waals surface area (Å²) < 4.78 is 0. The third-order valence-electron chi connectivity index (χ3n) is 4.35. The molecule has 0 saturated carbocycles. The maximum Gasteiger partial charge on any atom is 0.326 e. The van der Waals surface area contributed by atoms with Crippen molar-refractivity contribution in [2.45, 2.75) is 38.6 Å². The lowest BCUT2D eigenvalue weighted by molar-refractivity contribution is 0.247. The SMILES string of the molecule is C[C@@H]1CC(C)(C)N(C(=O)Nc2ccccc2)c2ccccc21. The van der Waals surface area contributed by atoms with Gasteiger partial charge in [-0.1, -0.05) is 43.3 Å². The van der Waals surface area contributed by atoms with Crippen molar-refractivity contribution in [3.8, 4) is 0 Å². The first-order chi connectivity index (χ1) is 10.5. The van der Waals surface area contributed by atoms with E-state index >= 15 is 0 Å². The molecule has 0 bridgehead atoms. The van der Waals surface area contributed by atoms with E-state index in [1.54, 1.807) is 0 Å². The summed E-state index contributed by atoms with van der Waals surface area (Å²) in [5.41, 5.74) is 2.86. The van der Waals surface area contributed by atoms with Gasteiger partial charge in [0.15, 0.2) is 0 Å². The maximum atomic E-state index is 12.9. The zero-order valence-corrected chi connectivity index (χ0v) is 13.3. The van der Waals surface area contributed by atoms with Crippen LogP contribution in [0, 0.1) is 0 Å². The molecule has 2 aromatic rings. The van der Waals surface area contributed by atoms with Crippen molar-refractivity contribution in [2.24, 2.45) is 0 Å². The molecule has 0 unspecified atom stereocenters. The van der Waals surface area contributed by atoms with Crippen molar-refractivity contribution in [3.63, 3.8) is 0 Å². The van der Waals surface area contributed by atoms with Gasteiger partial charge in [-0.25, -0.2) is 4.79 Å². The monoisotopic (exact) mass is 294 g/mol. The Bertz CT molecular complexity index is 679. The molecule has 0 saturated heterocycles. The first-order valence-corrected chi connectivity index (χ1v) is 7.74. The molecular weight excluding hydrogens is 272 g/mol. The lowest BCUT2D eigenvalue weighted by atomic mass is 9.80. The van der Waals surface area contributed by atoms with E-state index in [2.05, 4.69) is 32.2 Å².